The smallest absolute Gasteiger partial charge is 0.349 e. The second-order valence-corrected chi connectivity index (χ2v) is 9.11. The molecule has 0 unspecified atom stereocenters. The van der Waals surface area contributed by atoms with Crippen molar-refractivity contribution < 1.29 is 52.7 Å². The maximum absolute atomic E-state index is 12.8. The highest BCUT2D eigenvalue weighted by Crippen LogP contribution is 2.37. The molecule has 0 saturated heterocycles. The molecule has 0 atom stereocenters. The molecule has 1 aromatic rings. The van der Waals surface area contributed by atoms with Gasteiger partial charge in [0.15, 0.2) is 5.79 Å². The minimum atomic E-state index is -6.89. The third-order valence-corrected chi connectivity index (χ3v) is 7.40. The van der Waals surface area contributed by atoms with Crippen molar-refractivity contribution >= 4 is 20.0 Å². The molecule has 28 heavy (non-hydrogen) atoms. The highest BCUT2D eigenvalue weighted by Gasteiger charge is 2.61. The van der Waals surface area contributed by atoms with Gasteiger partial charge in [0.2, 0.25) is 0 Å². The molecule has 0 amide bonds. The zero-order valence-electron chi connectivity index (χ0n) is 14.3. The molecule has 0 bridgehead atoms. The van der Waals surface area contributed by atoms with Gasteiger partial charge in [0.1, 0.15) is 0 Å². The van der Waals surface area contributed by atoms with Gasteiger partial charge in [0.05, 0.1) is 0 Å². The van der Waals surface area contributed by atoms with Crippen LogP contribution in [0.5, 0.6) is 0 Å². The number of methoxy groups -OCH3 is 2. The van der Waals surface area contributed by atoms with Crippen molar-refractivity contribution in [2.24, 2.45) is 0 Å². The molecule has 0 spiro atoms. The lowest BCUT2D eigenvalue weighted by atomic mass is 10.0. The van der Waals surface area contributed by atoms with E-state index in [1.54, 1.807) is 0 Å². The molecule has 1 aromatic carbocycles. The molecule has 7 nitrogen and oxygen atoms in total. The van der Waals surface area contributed by atoms with E-state index in [0.29, 0.717) is 0 Å². The Hall–Kier alpha value is -1.42. The summed E-state index contributed by atoms with van der Waals surface area (Å²) in [7, 11) is -11.8. The lowest BCUT2D eigenvalue weighted by molar-refractivity contribution is -0.220. The first-order valence-electron chi connectivity index (χ1n) is 7.13. The molecular weight excluding hydrogens is 444 g/mol. The van der Waals surface area contributed by atoms with Crippen molar-refractivity contribution in [2.75, 3.05) is 20.8 Å². The molecule has 0 N–H and O–H groups in total. The van der Waals surface area contributed by atoms with Crippen molar-refractivity contribution in [3.05, 3.63) is 35.9 Å². The number of benzene rings is 1. The van der Waals surface area contributed by atoms with Gasteiger partial charge >= 0.3 is 31.1 Å². The van der Waals surface area contributed by atoms with Gasteiger partial charge < -0.3 is 9.47 Å². The zero-order chi connectivity index (χ0) is 22.0. The summed E-state index contributed by atoms with van der Waals surface area (Å²) < 4.78 is 131. The van der Waals surface area contributed by atoms with Crippen LogP contribution in [0.1, 0.15) is 12.0 Å². The lowest BCUT2D eigenvalue weighted by Gasteiger charge is -2.33. The van der Waals surface area contributed by atoms with Crippen LogP contribution in [0.4, 0.5) is 26.3 Å². The van der Waals surface area contributed by atoms with E-state index in [9.17, 15) is 43.2 Å². The summed E-state index contributed by atoms with van der Waals surface area (Å²) in [6.45, 7) is -1.75. The van der Waals surface area contributed by atoms with Crippen molar-refractivity contribution in [1.29, 1.82) is 0 Å². The summed E-state index contributed by atoms with van der Waals surface area (Å²) in [5.41, 5.74) is -12.5. The Labute approximate surface area is 156 Å². The van der Waals surface area contributed by atoms with Crippen molar-refractivity contribution in [1.82, 2.24) is 3.71 Å². The minimum Gasteiger partial charge on any atom is -0.349 e. The molecule has 0 aromatic heterocycles. The van der Waals surface area contributed by atoms with Crippen LogP contribution in [0.2, 0.25) is 0 Å². The number of alkyl halides is 6. The number of ether oxygens (including phenoxy) is 2. The van der Waals surface area contributed by atoms with Crippen LogP contribution >= 0.6 is 0 Å². The van der Waals surface area contributed by atoms with Gasteiger partial charge in [-0.3, -0.25) is 0 Å². The molecule has 0 fully saturated rings. The Bertz CT molecular complexity index is 819. The first kappa shape index (κ1) is 24.6. The number of hydrogen-bond acceptors (Lipinski definition) is 6. The molecule has 162 valence electrons. The van der Waals surface area contributed by atoms with E-state index in [1.165, 1.54) is 30.3 Å². The van der Waals surface area contributed by atoms with E-state index in [4.69, 9.17) is 9.47 Å². The average Bonchev–Trinajstić information content (AvgIpc) is 2.57. The van der Waals surface area contributed by atoms with Crippen LogP contribution < -0.4 is 0 Å². The largest absolute Gasteiger partial charge is 0.512 e. The van der Waals surface area contributed by atoms with Gasteiger partial charge in [0.25, 0.3) is 0 Å². The Balaban J connectivity index is 3.47. The molecule has 0 aliphatic carbocycles. The summed E-state index contributed by atoms with van der Waals surface area (Å²) in [6, 6.07) is 7.10. The Kier molecular flexibility index (Phi) is 7.15. The van der Waals surface area contributed by atoms with Gasteiger partial charge in [-0.1, -0.05) is 34.0 Å². The fourth-order valence-electron chi connectivity index (χ4n) is 2.20. The third-order valence-electron chi connectivity index (χ3n) is 3.62. The molecule has 0 saturated carbocycles. The Morgan fingerprint density at radius 1 is 0.821 bits per heavy atom. The third kappa shape index (κ3) is 4.59. The maximum atomic E-state index is 12.8. The monoisotopic (exact) mass is 459 g/mol. The van der Waals surface area contributed by atoms with E-state index in [1.807, 2.05) is 0 Å². The van der Waals surface area contributed by atoms with E-state index in [-0.39, 0.29) is 5.56 Å². The lowest BCUT2D eigenvalue weighted by Crippen LogP contribution is -2.50. The quantitative estimate of drug-likeness (QED) is 0.439. The van der Waals surface area contributed by atoms with Gasteiger partial charge in [0, 0.05) is 32.7 Å². The number of nitrogens with zero attached hydrogens (tertiary/aromatic N) is 1. The minimum absolute atomic E-state index is 0.105. The normalized spacial score (nSPS) is 14.5. The summed E-state index contributed by atoms with van der Waals surface area (Å²) in [6.07, 6.45) is -1.01. The fraction of sp³-hybridized carbons (Fsp3) is 0.538. The summed E-state index contributed by atoms with van der Waals surface area (Å²) in [4.78, 5) is 0. The topological polar surface area (TPSA) is 90.0 Å². The first-order chi connectivity index (χ1) is 12.6. The fourth-order valence-corrected chi connectivity index (χ4v) is 4.86. The predicted molar refractivity (Wildman–Crippen MR) is 83.4 cm³/mol. The highest BCUT2D eigenvalue weighted by molar-refractivity contribution is 8.04. The standard InChI is InChI=1S/C13H15F6NO6S2/c1-25-11(26-2,10-6-4-3-5-7-10)8-9-20(27(21,22)12(14,15)16)28(23,24)13(17,18)19/h3-7H,8-9H2,1-2H3. The van der Waals surface area contributed by atoms with E-state index >= 15 is 0 Å². The Morgan fingerprint density at radius 3 is 1.54 bits per heavy atom. The van der Waals surface area contributed by atoms with Crippen LogP contribution in [-0.2, 0) is 35.3 Å². The molecule has 0 aliphatic heterocycles. The predicted octanol–water partition coefficient (Wildman–Crippen LogP) is 2.52. The second-order valence-electron chi connectivity index (χ2n) is 5.18. The molecule has 1 rings (SSSR count). The highest BCUT2D eigenvalue weighted by atomic mass is 32.3. The number of rotatable bonds is 8. The van der Waals surface area contributed by atoms with E-state index < -0.39 is 53.5 Å². The van der Waals surface area contributed by atoms with Gasteiger partial charge in [-0.05, 0) is 0 Å². The van der Waals surface area contributed by atoms with Crippen molar-refractivity contribution in [2.45, 2.75) is 23.2 Å². The molecule has 0 aliphatic rings. The van der Waals surface area contributed by atoms with Crippen LogP contribution in [0.3, 0.4) is 0 Å². The number of halogens is 6. The summed E-state index contributed by atoms with van der Waals surface area (Å²) in [5, 5.41) is 0. The average molecular weight is 459 g/mol. The van der Waals surface area contributed by atoms with Crippen LogP contribution in [0.15, 0.2) is 30.3 Å². The van der Waals surface area contributed by atoms with Crippen LogP contribution in [0.25, 0.3) is 0 Å². The SMILES string of the molecule is COC(CCN(S(=O)(=O)C(F)(F)F)S(=O)(=O)C(F)(F)F)(OC)c1ccccc1. The molecule has 0 radical (unpaired) electrons. The zero-order valence-corrected chi connectivity index (χ0v) is 15.9. The number of sulfonamides is 2. The number of hydrogen-bond donors (Lipinski definition) is 0. The summed E-state index contributed by atoms with van der Waals surface area (Å²) >= 11 is 0. The second kappa shape index (κ2) is 8.14. The van der Waals surface area contributed by atoms with Gasteiger partial charge in [-0.25, -0.2) is 16.8 Å². The van der Waals surface area contributed by atoms with Crippen molar-refractivity contribution in [3.8, 4) is 0 Å². The van der Waals surface area contributed by atoms with Gasteiger partial charge in [-0.2, -0.15) is 26.3 Å². The van der Waals surface area contributed by atoms with Crippen LogP contribution in [0, 0.1) is 0 Å². The van der Waals surface area contributed by atoms with E-state index in [0.717, 1.165) is 14.2 Å². The van der Waals surface area contributed by atoms with Crippen LogP contribution in [-0.4, -0.2) is 52.3 Å². The maximum Gasteiger partial charge on any atom is 0.512 e. The molecular formula is C13H15F6NO6S2. The first-order valence-corrected chi connectivity index (χ1v) is 10.0. The summed E-state index contributed by atoms with van der Waals surface area (Å²) in [5.74, 6) is -2.01. The van der Waals surface area contributed by atoms with E-state index in [2.05, 4.69) is 0 Å². The van der Waals surface area contributed by atoms with Crippen molar-refractivity contribution in [3.63, 3.8) is 0 Å². The molecule has 15 heteroatoms. The Morgan fingerprint density at radius 2 is 1.21 bits per heavy atom. The molecule has 0 heterocycles. The van der Waals surface area contributed by atoms with Gasteiger partial charge in [-0.15, -0.1) is 0 Å².